The second-order valence-corrected chi connectivity index (χ2v) is 5.46. The molecule has 15 heavy (non-hydrogen) atoms. The second kappa shape index (κ2) is 3.77. The van der Waals surface area contributed by atoms with Crippen LogP contribution >= 0.6 is 0 Å². The summed E-state index contributed by atoms with van der Waals surface area (Å²) in [6, 6.07) is 0. The fraction of sp³-hybridized carbons (Fsp3) is 0.786. The van der Waals surface area contributed by atoms with Crippen molar-refractivity contribution in [3.8, 4) is 0 Å². The lowest BCUT2D eigenvalue weighted by Crippen LogP contribution is -2.41. The summed E-state index contributed by atoms with van der Waals surface area (Å²) in [5.74, 6) is 0.815. The number of rotatable bonds is 1. The van der Waals surface area contributed by atoms with Crippen molar-refractivity contribution in [3.63, 3.8) is 0 Å². The Kier molecular flexibility index (Phi) is 2.74. The molecule has 2 atom stereocenters. The van der Waals surface area contributed by atoms with Gasteiger partial charge in [-0.05, 0) is 44.4 Å². The summed E-state index contributed by atoms with van der Waals surface area (Å²) in [5, 5.41) is 0. The van der Waals surface area contributed by atoms with Crippen LogP contribution in [-0.4, -0.2) is 5.78 Å². The summed E-state index contributed by atoms with van der Waals surface area (Å²) in [6.45, 7) is 6.77. The van der Waals surface area contributed by atoms with Crippen LogP contribution in [0.3, 0.4) is 0 Å². The number of fused-ring (bicyclic) bond motifs is 1. The number of hydrogen-bond acceptors (Lipinski definition) is 1. The lowest BCUT2D eigenvalue weighted by molar-refractivity contribution is -0.128. The zero-order chi connectivity index (χ0) is 11.1. The molecular formula is C14H22O. The Morgan fingerprint density at radius 1 is 1.33 bits per heavy atom. The first-order valence-electron chi connectivity index (χ1n) is 6.31. The van der Waals surface area contributed by atoms with Crippen LogP contribution in [0.25, 0.3) is 0 Å². The van der Waals surface area contributed by atoms with Crippen LogP contribution in [0.5, 0.6) is 0 Å². The Morgan fingerprint density at radius 3 is 2.73 bits per heavy atom. The standard InChI is InChI=1S/C14H22O/c1-4-11-13(15)8-7-12-10(2)6-5-9-14(11,12)3/h11H,4-9H2,1-3H3. The van der Waals surface area contributed by atoms with Gasteiger partial charge in [0.1, 0.15) is 5.78 Å². The Hall–Kier alpha value is -0.590. The number of carbonyl (C=O) groups excluding carboxylic acids is 1. The minimum Gasteiger partial charge on any atom is -0.299 e. The average molecular weight is 206 g/mol. The van der Waals surface area contributed by atoms with E-state index >= 15 is 0 Å². The molecule has 2 rings (SSSR count). The van der Waals surface area contributed by atoms with E-state index in [4.69, 9.17) is 0 Å². The molecule has 1 saturated carbocycles. The molecule has 0 aromatic heterocycles. The Bertz CT molecular complexity index is 313. The summed E-state index contributed by atoms with van der Waals surface area (Å²) in [6.07, 6.45) is 6.61. The monoisotopic (exact) mass is 206 g/mol. The third kappa shape index (κ3) is 1.56. The molecule has 0 radical (unpaired) electrons. The van der Waals surface area contributed by atoms with Gasteiger partial charge in [0.25, 0.3) is 0 Å². The van der Waals surface area contributed by atoms with Crippen molar-refractivity contribution in [1.29, 1.82) is 0 Å². The van der Waals surface area contributed by atoms with E-state index in [1.165, 1.54) is 19.3 Å². The second-order valence-electron chi connectivity index (χ2n) is 5.46. The number of ketones is 1. The van der Waals surface area contributed by atoms with E-state index < -0.39 is 0 Å². The molecule has 0 amide bonds. The van der Waals surface area contributed by atoms with Crippen LogP contribution in [0, 0.1) is 11.3 Å². The molecule has 0 aliphatic heterocycles. The first-order valence-corrected chi connectivity index (χ1v) is 6.31. The fourth-order valence-electron chi connectivity index (χ4n) is 3.85. The van der Waals surface area contributed by atoms with Gasteiger partial charge >= 0.3 is 0 Å². The van der Waals surface area contributed by atoms with Gasteiger partial charge in [0.15, 0.2) is 0 Å². The van der Waals surface area contributed by atoms with Crippen LogP contribution in [0.4, 0.5) is 0 Å². The molecule has 2 aliphatic rings. The number of allylic oxidation sites excluding steroid dienone is 2. The topological polar surface area (TPSA) is 17.1 Å². The van der Waals surface area contributed by atoms with Crippen LogP contribution in [0.2, 0.25) is 0 Å². The molecule has 0 bridgehead atoms. The predicted molar refractivity (Wildman–Crippen MR) is 62.7 cm³/mol. The molecule has 0 heterocycles. The lowest BCUT2D eigenvalue weighted by Gasteiger charge is -2.46. The van der Waals surface area contributed by atoms with Crippen molar-refractivity contribution in [2.45, 2.75) is 59.3 Å². The van der Waals surface area contributed by atoms with Crippen molar-refractivity contribution >= 4 is 5.78 Å². The minimum atomic E-state index is 0.215. The van der Waals surface area contributed by atoms with Gasteiger partial charge in [-0.2, -0.15) is 0 Å². The maximum Gasteiger partial charge on any atom is 0.137 e. The van der Waals surface area contributed by atoms with Gasteiger partial charge in [-0.1, -0.05) is 25.0 Å². The molecule has 2 aliphatic carbocycles. The third-order valence-electron chi connectivity index (χ3n) is 4.64. The summed E-state index contributed by atoms with van der Waals surface area (Å²) in [5.41, 5.74) is 3.42. The van der Waals surface area contributed by atoms with E-state index in [2.05, 4.69) is 20.8 Å². The van der Waals surface area contributed by atoms with Gasteiger partial charge in [0.2, 0.25) is 0 Å². The highest BCUT2D eigenvalue weighted by Crippen LogP contribution is 2.52. The summed E-state index contributed by atoms with van der Waals surface area (Å²) >= 11 is 0. The van der Waals surface area contributed by atoms with Crippen LogP contribution in [0.1, 0.15) is 59.3 Å². The van der Waals surface area contributed by atoms with E-state index in [0.717, 1.165) is 19.3 Å². The highest BCUT2D eigenvalue weighted by molar-refractivity contribution is 5.84. The molecule has 0 saturated heterocycles. The minimum absolute atomic E-state index is 0.215. The van der Waals surface area contributed by atoms with Gasteiger partial charge in [0.05, 0.1) is 0 Å². The number of hydrogen-bond donors (Lipinski definition) is 0. The van der Waals surface area contributed by atoms with Gasteiger partial charge in [-0.15, -0.1) is 0 Å². The van der Waals surface area contributed by atoms with Crippen molar-refractivity contribution in [2.75, 3.05) is 0 Å². The molecule has 1 nitrogen and oxygen atoms in total. The summed E-state index contributed by atoms with van der Waals surface area (Å²) in [4.78, 5) is 12.0. The quantitative estimate of drug-likeness (QED) is 0.595. The Morgan fingerprint density at radius 2 is 2.07 bits per heavy atom. The Balaban J connectivity index is 2.42. The smallest absolute Gasteiger partial charge is 0.137 e. The maximum atomic E-state index is 12.0. The van der Waals surface area contributed by atoms with Crippen molar-refractivity contribution in [3.05, 3.63) is 11.1 Å². The van der Waals surface area contributed by atoms with Gasteiger partial charge in [-0.25, -0.2) is 0 Å². The largest absolute Gasteiger partial charge is 0.299 e. The fourth-order valence-corrected chi connectivity index (χ4v) is 3.85. The maximum absolute atomic E-state index is 12.0. The normalized spacial score (nSPS) is 36.7. The van der Waals surface area contributed by atoms with Gasteiger partial charge < -0.3 is 0 Å². The number of carbonyl (C=O) groups is 1. The zero-order valence-electron chi connectivity index (χ0n) is 10.2. The summed E-state index contributed by atoms with van der Waals surface area (Å²) < 4.78 is 0. The predicted octanol–water partition coefficient (Wildman–Crippen LogP) is 3.88. The summed E-state index contributed by atoms with van der Waals surface area (Å²) in [7, 11) is 0. The van der Waals surface area contributed by atoms with Gasteiger partial charge in [-0.3, -0.25) is 4.79 Å². The van der Waals surface area contributed by atoms with Crippen molar-refractivity contribution in [1.82, 2.24) is 0 Å². The third-order valence-corrected chi connectivity index (χ3v) is 4.64. The first kappa shape index (κ1) is 10.9. The van der Waals surface area contributed by atoms with Crippen LogP contribution in [0.15, 0.2) is 11.1 Å². The van der Waals surface area contributed by atoms with E-state index in [1.807, 2.05) is 0 Å². The molecule has 1 heteroatoms. The highest BCUT2D eigenvalue weighted by Gasteiger charge is 2.45. The molecule has 2 unspecified atom stereocenters. The van der Waals surface area contributed by atoms with E-state index in [1.54, 1.807) is 11.1 Å². The van der Waals surface area contributed by atoms with Crippen molar-refractivity contribution in [2.24, 2.45) is 11.3 Å². The molecule has 1 fully saturated rings. The molecule has 0 aromatic carbocycles. The molecular weight excluding hydrogens is 184 g/mol. The molecule has 0 N–H and O–H groups in total. The van der Waals surface area contributed by atoms with E-state index in [0.29, 0.717) is 11.7 Å². The van der Waals surface area contributed by atoms with Crippen molar-refractivity contribution < 1.29 is 4.79 Å². The molecule has 0 aromatic rings. The zero-order valence-corrected chi connectivity index (χ0v) is 10.2. The number of Topliss-reactive ketones (excluding diaryl/α,β-unsaturated/α-hetero) is 1. The molecule has 0 spiro atoms. The van der Waals surface area contributed by atoms with Crippen LogP contribution in [-0.2, 0) is 4.79 Å². The Labute approximate surface area is 92.9 Å². The first-order chi connectivity index (χ1) is 7.09. The molecule has 84 valence electrons. The highest BCUT2D eigenvalue weighted by atomic mass is 16.1. The average Bonchev–Trinajstić information content (AvgIpc) is 2.17. The van der Waals surface area contributed by atoms with Crippen LogP contribution < -0.4 is 0 Å². The van der Waals surface area contributed by atoms with E-state index in [-0.39, 0.29) is 5.41 Å². The van der Waals surface area contributed by atoms with E-state index in [9.17, 15) is 4.79 Å². The lowest BCUT2D eigenvalue weighted by atomic mass is 9.57. The van der Waals surface area contributed by atoms with Gasteiger partial charge in [0, 0.05) is 12.3 Å². The SMILES string of the molecule is CCC1C(=O)CCC2=C(C)CCCC21C.